The number of aromatic nitrogens is 2. The van der Waals surface area contributed by atoms with Gasteiger partial charge in [0.1, 0.15) is 0 Å². The molecule has 122 valence electrons. The Kier molecular flexibility index (Phi) is 4.98. The molecular formula is C18H23N3O2. The minimum absolute atomic E-state index is 0.172. The second-order valence-electron chi connectivity index (χ2n) is 6.10. The Bertz CT molecular complexity index is 717. The lowest BCUT2D eigenvalue weighted by molar-refractivity contribution is -0.118. The minimum Gasteiger partial charge on any atom is -0.342 e. The zero-order valence-corrected chi connectivity index (χ0v) is 14.3. The van der Waals surface area contributed by atoms with Crippen LogP contribution in [-0.4, -0.2) is 21.5 Å². The summed E-state index contributed by atoms with van der Waals surface area (Å²) in [6.45, 7) is 7.56. The van der Waals surface area contributed by atoms with E-state index in [9.17, 15) is 9.59 Å². The first-order chi connectivity index (χ1) is 10.8. The molecule has 5 nitrogen and oxygen atoms in total. The highest BCUT2D eigenvalue weighted by Crippen LogP contribution is 2.22. The number of rotatable bonds is 5. The third kappa shape index (κ3) is 3.50. The standard InChI is InChI=1S/C18H23N3O2/c1-11(2)16(14-9-7-6-8-10-14)19-18(23)17(22)15-12(3)20-21(5)13(15)4/h6-11,16H,1-5H3,(H,19,23). The molecule has 0 fully saturated rings. The van der Waals surface area contributed by atoms with Gasteiger partial charge >= 0.3 is 0 Å². The first-order valence-electron chi connectivity index (χ1n) is 7.73. The molecule has 2 rings (SSSR count). The van der Waals surface area contributed by atoms with Gasteiger partial charge in [0.05, 0.1) is 17.3 Å². The lowest BCUT2D eigenvalue weighted by Crippen LogP contribution is -2.37. The van der Waals surface area contributed by atoms with Crippen LogP contribution in [0.25, 0.3) is 0 Å². The van der Waals surface area contributed by atoms with E-state index < -0.39 is 11.7 Å². The Morgan fingerprint density at radius 1 is 1.13 bits per heavy atom. The quantitative estimate of drug-likeness (QED) is 0.682. The summed E-state index contributed by atoms with van der Waals surface area (Å²) in [5.41, 5.74) is 2.65. The van der Waals surface area contributed by atoms with E-state index in [2.05, 4.69) is 10.4 Å². The number of nitrogens with one attached hydrogen (secondary N) is 1. The number of carbonyl (C=O) groups is 2. The number of hydrogen-bond donors (Lipinski definition) is 1. The molecule has 1 N–H and O–H groups in total. The van der Waals surface area contributed by atoms with Gasteiger partial charge in [0.15, 0.2) is 0 Å². The van der Waals surface area contributed by atoms with E-state index in [0.717, 1.165) is 5.56 Å². The number of benzene rings is 1. The molecule has 0 aliphatic heterocycles. The van der Waals surface area contributed by atoms with Crippen molar-refractivity contribution >= 4 is 11.7 Å². The van der Waals surface area contributed by atoms with Gasteiger partial charge < -0.3 is 5.32 Å². The van der Waals surface area contributed by atoms with Gasteiger partial charge in [-0.2, -0.15) is 5.10 Å². The molecule has 0 bridgehead atoms. The van der Waals surface area contributed by atoms with Gasteiger partial charge in [-0.15, -0.1) is 0 Å². The second kappa shape index (κ2) is 6.77. The zero-order valence-electron chi connectivity index (χ0n) is 14.3. The van der Waals surface area contributed by atoms with Gasteiger partial charge in [-0.1, -0.05) is 44.2 Å². The molecule has 0 spiro atoms. The summed E-state index contributed by atoms with van der Waals surface area (Å²) in [6, 6.07) is 9.48. The van der Waals surface area contributed by atoms with Crippen molar-refractivity contribution < 1.29 is 9.59 Å². The number of carbonyl (C=O) groups excluding carboxylic acids is 2. The number of nitrogens with zero attached hydrogens (tertiary/aromatic N) is 2. The smallest absolute Gasteiger partial charge is 0.293 e. The van der Waals surface area contributed by atoms with Gasteiger partial charge in [-0.25, -0.2) is 0 Å². The molecule has 0 saturated carbocycles. The second-order valence-corrected chi connectivity index (χ2v) is 6.10. The molecule has 0 aliphatic rings. The molecule has 0 saturated heterocycles. The average Bonchev–Trinajstić information content (AvgIpc) is 2.77. The lowest BCUT2D eigenvalue weighted by Gasteiger charge is -2.22. The SMILES string of the molecule is Cc1nn(C)c(C)c1C(=O)C(=O)NC(c1ccccc1)C(C)C. The summed E-state index contributed by atoms with van der Waals surface area (Å²) in [5.74, 6) is -0.952. The fraction of sp³-hybridized carbons (Fsp3) is 0.389. The van der Waals surface area contributed by atoms with Gasteiger partial charge in [0.2, 0.25) is 0 Å². The maximum Gasteiger partial charge on any atom is 0.293 e. The van der Waals surface area contributed by atoms with E-state index in [4.69, 9.17) is 0 Å². The van der Waals surface area contributed by atoms with Gasteiger partial charge in [-0.3, -0.25) is 14.3 Å². The fourth-order valence-electron chi connectivity index (χ4n) is 2.72. The third-order valence-corrected chi connectivity index (χ3v) is 4.05. The highest BCUT2D eigenvalue weighted by Gasteiger charge is 2.27. The van der Waals surface area contributed by atoms with E-state index in [1.165, 1.54) is 0 Å². The molecule has 0 aliphatic carbocycles. The normalized spacial score (nSPS) is 12.3. The Labute approximate surface area is 136 Å². The predicted octanol–water partition coefficient (Wildman–Crippen LogP) is 2.73. The van der Waals surface area contributed by atoms with Crippen molar-refractivity contribution in [3.63, 3.8) is 0 Å². The van der Waals surface area contributed by atoms with E-state index in [0.29, 0.717) is 17.0 Å². The molecular weight excluding hydrogens is 290 g/mol. The molecule has 2 aromatic rings. The highest BCUT2D eigenvalue weighted by molar-refractivity contribution is 6.43. The molecule has 1 atom stereocenters. The summed E-state index contributed by atoms with van der Waals surface area (Å²) in [4.78, 5) is 25.0. The van der Waals surface area contributed by atoms with Crippen molar-refractivity contribution in [2.45, 2.75) is 33.7 Å². The Hall–Kier alpha value is -2.43. The van der Waals surface area contributed by atoms with Gasteiger partial charge in [0.25, 0.3) is 11.7 Å². The van der Waals surface area contributed by atoms with Crippen molar-refractivity contribution in [3.8, 4) is 0 Å². The van der Waals surface area contributed by atoms with Crippen LogP contribution in [0.3, 0.4) is 0 Å². The molecule has 1 amide bonds. The first kappa shape index (κ1) is 16.9. The van der Waals surface area contributed by atoms with E-state index in [1.54, 1.807) is 25.6 Å². The van der Waals surface area contributed by atoms with Crippen molar-refractivity contribution in [3.05, 3.63) is 52.8 Å². The largest absolute Gasteiger partial charge is 0.342 e. The van der Waals surface area contributed by atoms with Crippen LogP contribution in [0.4, 0.5) is 0 Å². The highest BCUT2D eigenvalue weighted by atomic mass is 16.2. The van der Waals surface area contributed by atoms with Crippen LogP contribution >= 0.6 is 0 Å². The topological polar surface area (TPSA) is 64.0 Å². The van der Waals surface area contributed by atoms with Crippen LogP contribution in [0.15, 0.2) is 30.3 Å². The molecule has 1 unspecified atom stereocenters. The Morgan fingerprint density at radius 2 is 1.74 bits per heavy atom. The monoisotopic (exact) mass is 313 g/mol. The average molecular weight is 313 g/mol. The van der Waals surface area contributed by atoms with Crippen LogP contribution in [-0.2, 0) is 11.8 Å². The summed E-state index contributed by atoms with van der Waals surface area (Å²) < 4.78 is 1.62. The first-order valence-corrected chi connectivity index (χ1v) is 7.73. The number of hydrogen-bond acceptors (Lipinski definition) is 3. The van der Waals surface area contributed by atoms with Crippen LogP contribution in [0.1, 0.15) is 47.2 Å². The lowest BCUT2D eigenvalue weighted by atomic mass is 9.95. The van der Waals surface area contributed by atoms with Gasteiger partial charge in [0, 0.05) is 12.7 Å². The van der Waals surface area contributed by atoms with Crippen LogP contribution in [0, 0.1) is 19.8 Å². The summed E-state index contributed by atoms with van der Waals surface area (Å²) >= 11 is 0. The summed E-state index contributed by atoms with van der Waals surface area (Å²) in [5, 5.41) is 7.07. The van der Waals surface area contributed by atoms with Crippen LogP contribution < -0.4 is 5.32 Å². The van der Waals surface area contributed by atoms with Crippen LogP contribution in [0.5, 0.6) is 0 Å². The molecule has 0 radical (unpaired) electrons. The van der Waals surface area contributed by atoms with E-state index in [1.807, 2.05) is 44.2 Å². The van der Waals surface area contributed by atoms with Crippen molar-refractivity contribution in [2.24, 2.45) is 13.0 Å². The van der Waals surface area contributed by atoms with Crippen molar-refractivity contribution in [1.82, 2.24) is 15.1 Å². The summed E-state index contributed by atoms with van der Waals surface area (Å²) in [7, 11) is 1.76. The maximum atomic E-state index is 12.5. The zero-order chi connectivity index (χ0) is 17.1. The molecule has 1 aromatic heterocycles. The molecule has 1 heterocycles. The minimum atomic E-state index is -0.591. The summed E-state index contributed by atoms with van der Waals surface area (Å²) in [6.07, 6.45) is 0. The molecule has 23 heavy (non-hydrogen) atoms. The van der Waals surface area contributed by atoms with E-state index in [-0.39, 0.29) is 12.0 Å². The van der Waals surface area contributed by atoms with Crippen molar-refractivity contribution in [2.75, 3.05) is 0 Å². The predicted molar refractivity (Wildman–Crippen MR) is 89.2 cm³/mol. The molecule has 1 aromatic carbocycles. The maximum absolute atomic E-state index is 12.5. The van der Waals surface area contributed by atoms with Crippen molar-refractivity contribution in [1.29, 1.82) is 0 Å². The number of amides is 1. The Morgan fingerprint density at radius 3 is 2.22 bits per heavy atom. The number of ketones is 1. The van der Waals surface area contributed by atoms with Crippen LogP contribution in [0.2, 0.25) is 0 Å². The fourth-order valence-corrected chi connectivity index (χ4v) is 2.72. The number of Topliss-reactive ketones (excluding diaryl/α,β-unsaturated/α-hetero) is 1. The van der Waals surface area contributed by atoms with E-state index >= 15 is 0 Å². The van der Waals surface area contributed by atoms with Gasteiger partial charge in [-0.05, 0) is 25.3 Å². The number of aryl methyl sites for hydroxylation is 2. The molecule has 5 heteroatoms. The Balaban J connectivity index is 2.24. The third-order valence-electron chi connectivity index (χ3n) is 4.05.